The number of benzene rings is 5. The molecule has 2 aliphatic rings. The van der Waals surface area contributed by atoms with Crippen LogP contribution in [0.5, 0.6) is 0 Å². The van der Waals surface area contributed by atoms with Crippen molar-refractivity contribution >= 4 is 56.1 Å². The molecule has 3 heterocycles. The van der Waals surface area contributed by atoms with E-state index in [2.05, 4.69) is 114 Å². The van der Waals surface area contributed by atoms with Crippen molar-refractivity contribution in [1.29, 1.82) is 0 Å². The maximum atomic E-state index is 6.34. The van der Waals surface area contributed by atoms with Crippen LogP contribution in [0.15, 0.2) is 122 Å². The van der Waals surface area contributed by atoms with E-state index in [4.69, 9.17) is 11.6 Å². The highest BCUT2D eigenvalue weighted by Crippen LogP contribution is 2.37. The standard InChI is InChI=1S/C26H23N5.C18H16ClN3/c1-31-16-29-23-10-9-18(13-25(23)31)21-14-19(15-24-26(21)28-12-11-27-24)30-22-8-4-6-17-5-2-3-7-20(17)22;19-15-10-13(11-17-18(15)21-9-8-20-17)22-16-7-3-5-12-4-1-2-6-14(12)16/h2-3,5,7,9-16,22,30H,4,6,8H2,1H3;1-2,4,6,8-11,16,22H,3,5,7H2/t22-;16-/m11/s1. The molecule has 2 N–H and O–H groups in total. The van der Waals surface area contributed by atoms with Crippen molar-refractivity contribution in [3.8, 4) is 11.1 Å². The molecule has 0 unspecified atom stereocenters. The Hall–Kier alpha value is -5.86. The third-order valence-corrected chi connectivity index (χ3v) is 10.8. The van der Waals surface area contributed by atoms with Gasteiger partial charge in [0, 0.05) is 48.8 Å². The molecule has 8 aromatic rings. The van der Waals surface area contributed by atoms with E-state index in [1.807, 2.05) is 30.1 Å². The largest absolute Gasteiger partial charge is 0.378 e. The average Bonchev–Trinajstić information content (AvgIpc) is 3.57. The van der Waals surface area contributed by atoms with Gasteiger partial charge in [-0.15, -0.1) is 0 Å². The van der Waals surface area contributed by atoms with Gasteiger partial charge in [-0.3, -0.25) is 19.9 Å². The average molecular weight is 715 g/mol. The third kappa shape index (κ3) is 6.66. The number of hydrogen-bond donors (Lipinski definition) is 2. The Kier molecular flexibility index (Phi) is 8.89. The molecule has 10 rings (SSSR count). The zero-order chi connectivity index (χ0) is 35.7. The summed E-state index contributed by atoms with van der Waals surface area (Å²) in [6.07, 6.45) is 15.7. The Balaban J connectivity index is 0.000000149. The van der Waals surface area contributed by atoms with E-state index in [1.165, 1.54) is 35.1 Å². The summed E-state index contributed by atoms with van der Waals surface area (Å²) in [5.41, 5.74) is 15.5. The number of halogens is 1. The van der Waals surface area contributed by atoms with Crippen molar-refractivity contribution in [2.24, 2.45) is 7.05 Å². The van der Waals surface area contributed by atoms with Crippen LogP contribution in [0.3, 0.4) is 0 Å². The second kappa shape index (κ2) is 14.3. The molecule has 0 spiro atoms. The number of fused-ring (bicyclic) bond motifs is 5. The van der Waals surface area contributed by atoms with Gasteiger partial charge in [-0.2, -0.15) is 0 Å². The second-order valence-electron chi connectivity index (χ2n) is 14.0. The van der Waals surface area contributed by atoms with E-state index < -0.39 is 0 Å². The Labute approximate surface area is 313 Å². The van der Waals surface area contributed by atoms with Crippen molar-refractivity contribution in [3.63, 3.8) is 0 Å². The predicted octanol–water partition coefficient (Wildman–Crippen LogP) is 10.4. The molecule has 0 saturated heterocycles. The van der Waals surface area contributed by atoms with Crippen LogP contribution in [-0.4, -0.2) is 29.5 Å². The molecular weight excluding hydrogens is 676 g/mol. The highest BCUT2D eigenvalue weighted by molar-refractivity contribution is 6.35. The van der Waals surface area contributed by atoms with E-state index in [0.29, 0.717) is 17.1 Å². The van der Waals surface area contributed by atoms with E-state index in [9.17, 15) is 0 Å². The summed E-state index contributed by atoms with van der Waals surface area (Å²) in [4.78, 5) is 22.4. The summed E-state index contributed by atoms with van der Waals surface area (Å²) in [6.45, 7) is 0. The van der Waals surface area contributed by atoms with E-state index >= 15 is 0 Å². The fourth-order valence-corrected chi connectivity index (χ4v) is 8.26. The quantitative estimate of drug-likeness (QED) is 0.183. The molecule has 0 radical (unpaired) electrons. The predicted molar refractivity (Wildman–Crippen MR) is 215 cm³/mol. The van der Waals surface area contributed by atoms with Crippen molar-refractivity contribution in [2.75, 3.05) is 10.6 Å². The fraction of sp³-hybridized carbons (Fsp3) is 0.205. The van der Waals surface area contributed by atoms with Crippen molar-refractivity contribution < 1.29 is 0 Å². The van der Waals surface area contributed by atoms with Gasteiger partial charge in [-0.05, 0) is 103 Å². The first-order valence-electron chi connectivity index (χ1n) is 18.3. The molecule has 262 valence electrons. The van der Waals surface area contributed by atoms with E-state index in [1.54, 1.807) is 24.8 Å². The van der Waals surface area contributed by atoms with Crippen molar-refractivity contribution in [3.05, 3.63) is 149 Å². The van der Waals surface area contributed by atoms with Crippen molar-refractivity contribution in [1.82, 2.24) is 29.5 Å². The van der Waals surface area contributed by atoms with Gasteiger partial charge in [0.2, 0.25) is 0 Å². The molecule has 8 nitrogen and oxygen atoms in total. The molecule has 0 aliphatic heterocycles. The SMILES string of the molecule is Clc1cc(N[C@@H]2CCCc3ccccc32)cc2nccnc12.Cn1cnc2ccc(-c3cc(N[C@@H]4CCCc5ccccc54)cc4nccnc34)cc21. The molecule has 3 aromatic heterocycles. The monoisotopic (exact) mass is 714 g/mol. The smallest absolute Gasteiger partial charge is 0.107 e. The summed E-state index contributed by atoms with van der Waals surface area (Å²) < 4.78 is 2.05. The number of nitrogens with one attached hydrogen (secondary N) is 2. The Morgan fingerprint density at radius 1 is 0.604 bits per heavy atom. The molecule has 9 heteroatoms. The Morgan fingerprint density at radius 2 is 1.19 bits per heavy atom. The molecule has 0 fully saturated rings. The minimum absolute atomic E-state index is 0.312. The number of hydrogen-bond acceptors (Lipinski definition) is 7. The van der Waals surface area contributed by atoms with Crippen LogP contribution >= 0.6 is 11.6 Å². The lowest BCUT2D eigenvalue weighted by molar-refractivity contribution is 0.600. The Bertz CT molecular complexity index is 2600. The molecule has 53 heavy (non-hydrogen) atoms. The molecule has 2 aliphatic carbocycles. The number of aryl methyl sites for hydroxylation is 3. The third-order valence-electron chi connectivity index (χ3n) is 10.6. The zero-order valence-electron chi connectivity index (χ0n) is 29.5. The summed E-state index contributed by atoms with van der Waals surface area (Å²) in [5, 5.41) is 8.05. The summed E-state index contributed by atoms with van der Waals surface area (Å²) in [7, 11) is 2.02. The Morgan fingerprint density at radius 3 is 1.87 bits per heavy atom. The maximum Gasteiger partial charge on any atom is 0.107 e. The first-order valence-corrected chi connectivity index (χ1v) is 18.7. The van der Waals surface area contributed by atoms with Crippen LogP contribution in [0, 0.1) is 0 Å². The van der Waals surface area contributed by atoms with Gasteiger partial charge >= 0.3 is 0 Å². The minimum Gasteiger partial charge on any atom is -0.378 e. The first-order chi connectivity index (χ1) is 26.1. The number of imidazole rings is 1. The molecule has 0 bridgehead atoms. The van der Waals surface area contributed by atoms with Gasteiger partial charge in [-0.25, -0.2) is 4.98 Å². The fourth-order valence-electron chi connectivity index (χ4n) is 8.00. The van der Waals surface area contributed by atoms with Crippen LogP contribution in [0.2, 0.25) is 5.02 Å². The topological polar surface area (TPSA) is 93.4 Å². The van der Waals surface area contributed by atoms with Crippen LogP contribution in [-0.2, 0) is 19.9 Å². The second-order valence-corrected chi connectivity index (χ2v) is 14.4. The number of nitrogens with zero attached hydrogens (tertiary/aromatic N) is 6. The molecular formula is C44H39ClN8. The van der Waals surface area contributed by atoms with E-state index in [0.717, 1.165) is 81.3 Å². The zero-order valence-corrected chi connectivity index (χ0v) is 30.3. The lowest BCUT2D eigenvalue weighted by Gasteiger charge is -2.27. The molecule has 0 amide bonds. The summed E-state index contributed by atoms with van der Waals surface area (Å²) in [6, 6.07) is 32.8. The lowest BCUT2D eigenvalue weighted by Crippen LogP contribution is -2.17. The van der Waals surface area contributed by atoms with Crippen LogP contribution in [0.25, 0.3) is 44.2 Å². The normalized spacial score (nSPS) is 16.4. The highest BCUT2D eigenvalue weighted by Gasteiger charge is 2.22. The van der Waals surface area contributed by atoms with Crippen molar-refractivity contribution in [2.45, 2.75) is 50.6 Å². The van der Waals surface area contributed by atoms with E-state index in [-0.39, 0.29) is 0 Å². The summed E-state index contributed by atoms with van der Waals surface area (Å²) >= 11 is 6.34. The van der Waals surface area contributed by atoms with Gasteiger partial charge in [0.15, 0.2) is 0 Å². The van der Waals surface area contributed by atoms with Gasteiger partial charge in [-0.1, -0.05) is 66.2 Å². The molecule has 0 saturated carbocycles. The van der Waals surface area contributed by atoms with Gasteiger partial charge in [0.1, 0.15) is 5.52 Å². The van der Waals surface area contributed by atoms with Gasteiger partial charge < -0.3 is 15.2 Å². The first kappa shape index (κ1) is 33.0. The van der Waals surface area contributed by atoms with Crippen LogP contribution in [0.4, 0.5) is 11.4 Å². The highest BCUT2D eigenvalue weighted by atomic mass is 35.5. The lowest BCUT2D eigenvalue weighted by atomic mass is 9.87. The number of rotatable bonds is 5. The number of aromatic nitrogens is 6. The maximum absolute atomic E-state index is 6.34. The van der Waals surface area contributed by atoms with Gasteiger partial charge in [0.25, 0.3) is 0 Å². The molecule has 2 atom stereocenters. The number of anilines is 2. The molecule has 5 aromatic carbocycles. The minimum atomic E-state index is 0.312. The summed E-state index contributed by atoms with van der Waals surface area (Å²) in [5.74, 6) is 0. The van der Waals surface area contributed by atoms with Crippen LogP contribution < -0.4 is 10.6 Å². The van der Waals surface area contributed by atoms with Crippen LogP contribution in [0.1, 0.15) is 60.0 Å². The van der Waals surface area contributed by atoms with Gasteiger partial charge in [0.05, 0.1) is 51.0 Å².